The number of carbonyl (C=O) groups excluding carboxylic acids is 2. The number of carbonyl (C=O) groups is 2. The Labute approximate surface area is 208 Å². The summed E-state index contributed by atoms with van der Waals surface area (Å²) in [4.78, 5) is 27.7. The van der Waals surface area contributed by atoms with E-state index in [1.54, 1.807) is 62.6 Å². The zero-order chi connectivity index (χ0) is 26.0. The minimum Gasteiger partial charge on any atom is -0.497 e. The van der Waals surface area contributed by atoms with Crippen LogP contribution in [-0.2, 0) is 26.2 Å². The number of anilines is 1. The second-order valence-corrected chi connectivity index (χ2v) is 10.1. The zero-order valence-corrected chi connectivity index (χ0v) is 21.8. The summed E-state index contributed by atoms with van der Waals surface area (Å²) >= 11 is 0. The molecule has 0 radical (unpaired) electrons. The maximum Gasteiger partial charge on any atom is 0.244 e. The van der Waals surface area contributed by atoms with E-state index in [4.69, 9.17) is 9.47 Å². The van der Waals surface area contributed by atoms with E-state index in [9.17, 15) is 18.0 Å². The molecule has 0 aliphatic carbocycles. The molecular formula is C25H35N3O6S. The van der Waals surface area contributed by atoms with Gasteiger partial charge in [-0.05, 0) is 43.2 Å². The van der Waals surface area contributed by atoms with Crippen molar-refractivity contribution in [1.29, 1.82) is 0 Å². The van der Waals surface area contributed by atoms with Crippen LogP contribution in [0.3, 0.4) is 0 Å². The summed E-state index contributed by atoms with van der Waals surface area (Å²) in [5.74, 6) is 0.320. The third-order valence-corrected chi connectivity index (χ3v) is 6.67. The second-order valence-electron chi connectivity index (χ2n) is 8.16. The SMILES string of the molecule is CCCCNC(=O)[C@H](C)N(Cc1ccc(OC)cc1)C(=O)CN(c1cccc(OC)c1)S(C)(=O)=O. The van der Waals surface area contributed by atoms with Crippen LogP contribution in [0, 0.1) is 0 Å². The lowest BCUT2D eigenvalue weighted by Crippen LogP contribution is -2.51. The molecule has 1 N–H and O–H groups in total. The molecule has 10 heteroatoms. The highest BCUT2D eigenvalue weighted by molar-refractivity contribution is 7.92. The van der Waals surface area contributed by atoms with E-state index in [-0.39, 0.29) is 12.5 Å². The van der Waals surface area contributed by atoms with Gasteiger partial charge >= 0.3 is 0 Å². The zero-order valence-electron chi connectivity index (χ0n) is 21.0. The predicted molar refractivity (Wildman–Crippen MR) is 136 cm³/mol. The van der Waals surface area contributed by atoms with Gasteiger partial charge in [0, 0.05) is 19.2 Å². The van der Waals surface area contributed by atoms with Crippen LogP contribution in [0.15, 0.2) is 48.5 Å². The molecule has 2 rings (SSSR count). The lowest BCUT2D eigenvalue weighted by atomic mass is 10.1. The molecule has 2 aromatic carbocycles. The van der Waals surface area contributed by atoms with Crippen molar-refractivity contribution in [2.24, 2.45) is 0 Å². The first kappa shape index (κ1) is 28.0. The number of rotatable bonds is 13. The molecule has 0 saturated heterocycles. The molecule has 0 unspecified atom stereocenters. The Morgan fingerprint density at radius 2 is 1.69 bits per heavy atom. The van der Waals surface area contributed by atoms with Crippen LogP contribution in [0.25, 0.3) is 0 Å². The Hall–Kier alpha value is -3.27. The standard InChI is InChI=1S/C25H35N3O6S/c1-6-7-15-26-25(30)19(2)27(17-20-11-13-22(33-3)14-12-20)24(29)18-28(35(5,31)32)21-9-8-10-23(16-21)34-4/h8-14,16,19H,6-7,15,17-18H2,1-5H3,(H,26,30)/t19-/m0/s1. The van der Waals surface area contributed by atoms with Crippen LogP contribution >= 0.6 is 0 Å². The van der Waals surface area contributed by atoms with Gasteiger partial charge in [0.05, 0.1) is 26.2 Å². The van der Waals surface area contributed by atoms with Crippen LogP contribution in [0.5, 0.6) is 11.5 Å². The quantitative estimate of drug-likeness (QED) is 0.420. The first-order chi connectivity index (χ1) is 16.6. The summed E-state index contributed by atoms with van der Waals surface area (Å²) in [6, 6.07) is 12.8. The van der Waals surface area contributed by atoms with Crippen molar-refractivity contribution in [2.45, 2.75) is 39.3 Å². The average Bonchev–Trinajstić information content (AvgIpc) is 2.85. The van der Waals surface area contributed by atoms with Gasteiger partial charge in [0.25, 0.3) is 0 Å². The summed E-state index contributed by atoms with van der Waals surface area (Å²) in [6.45, 7) is 3.83. The first-order valence-electron chi connectivity index (χ1n) is 11.4. The lowest BCUT2D eigenvalue weighted by Gasteiger charge is -2.31. The van der Waals surface area contributed by atoms with Crippen molar-refractivity contribution in [3.8, 4) is 11.5 Å². The molecule has 0 fully saturated rings. The van der Waals surface area contributed by atoms with Crippen molar-refractivity contribution in [2.75, 3.05) is 37.9 Å². The van der Waals surface area contributed by atoms with E-state index < -0.39 is 28.5 Å². The Morgan fingerprint density at radius 1 is 1.03 bits per heavy atom. The second kappa shape index (κ2) is 13.0. The molecule has 2 aromatic rings. The number of ether oxygens (including phenoxy) is 2. The third-order valence-electron chi connectivity index (χ3n) is 5.53. The van der Waals surface area contributed by atoms with Crippen molar-refractivity contribution >= 4 is 27.5 Å². The van der Waals surface area contributed by atoms with Gasteiger partial charge in [0.15, 0.2) is 0 Å². The summed E-state index contributed by atoms with van der Waals surface area (Å²) in [7, 11) is -0.766. The van der Waals surface area contributed by atoms with Gasteiger partial charge in [-0.15, -0.1) is 0 Å². The number of nitrogens with one attached hydrogen (secondary N) is 1. The largest absolute Gasteiger partial charge is 0.497 e. The lowest BCUT2D eigenvalue weighted by molar-refractivity contribution is -0.139. The monoisotopic (exact) mass is 505 g/mol. The maximum absolute atomic E-state index is 13.5. The molecule has 0 aliphatic rings. The summed E-state index contributed by atoms with van der Waals surface area (Å²) < 4.78 is 36.6. The number of unbranched alkanes of at least 4 members (excludes halogenated alkanes) is 1. The van der Waals surface area contributed by atoms with Crippen molar-refractivity contribution in [3.05, 3.63) is 54.1 Å². The molecule has 0 aliphatic heterocycles. The average molecular weight is 506 g/mol. The Balaban J connectivity index is 2.35. The van der Waals surface area contributed by atoms with Gasteiger partial charge in [0.1, 0.15) is 24.1 Å². The summed E-state index contributed by atoms with van der Waals surface area (Å²) in [6.07, 6.45) is 2.78. The van der Waals surface area contributed by atoms with Crippen LogP contribution in [0.2, 0.25) is 0 Å². The molecule has 0 spiro atoms. The topological polar surface area (TPSA) is 105 Å². The molecule has 0 saturated carbocycles. The molecular weight excluding hydrogens is 470 g/mol. The predicted octanol–water partition coefficient (Wildman–Crippen LogP) is 2.80. The maximum atomic E-state index is 13.5. The highest BCUT2D eigenvalue weighted by Crippen LogP contribution is 2.24. The van der Waals surface area contributed by atoms with Crippen LogP contribution in [-0.4, -0.2) is 64.7 Å². The summed E-state index contributed by atoms with van der Waals surface area (Å²) in [5, 5.41) is 2.85. The van der Waals surface area contributed by atoms with Crippen molar-refractivity contribution in [3.63, 3.8) is 0 Å². The number of amides is 2. The fourth-order valence-electron chi connectivity index (χ4n) is 3.43. The molecule has 35 heavy (non-hydrogen) atoms. The van der Waals surface area contributed by atoms with E-state index in [1.165, 1.54) is 12.0 Å². The number of benzene rings is 2. The van der Waals surface area contributed by atoms with Gasteiger partial charge in [-0.25, -0.2) is 8.42 Å². The molecule has 9 nitrogen and oxygen atoms in total. The van der Waals surface area contributed by atoms with Crippen molar-refractivity contribution < 1.29 is 27.5 Å². The highest BCUT2D eigenvalue weighted by Gasteiger charge is 2.30. The van der Waals surface area contributed by atoms with Crippen LogP contribution < -0.4 is 19.1 Å². The normalized spacial score (nSPS) is 11.9. The number of hydrogen-bond donors (Lipinski definition) is 1. The third kappa shape index (κ3) is 8.17. The fourth-order valence-corrected chi connectivity index (χ4v) is 4.27. The van der Waals surface area contributed by atoms with E-state index in [0.717, 1.165) is 29.0 Å². The van der Waals surface area contributed by atoms with Crippen LogP contribution in [0.1, 0.15) is 32.3 Å². The number of hydrogen-bond acceptors (Lipinski definition) is 6. The molecule has 0 aromatic heterocycles. The fraction of sp³-hybridized carbons (Fsp3) is 0.440. The van der Waals surface area contributed by atoms with Gasteiger partial charge in [-0.2, -0.15) is 0 Å². The van der Waals surface area contributed by atoms with E-state index in [0.29, 0.717) is 23.7 Å². The van der Waals surface area contributed by atoms with Gasteiger partial charge in [0.2, 0.25) is 21.8 Å². The highest BCUT2D eigenvalue weighted by atomic mass is 32.2. The van der Waals surface area contributed by atoms with Gasteiger partial charge in [-0.3, -0.25) is 13.9 Å². The minimum atomic E-state index is -3.80. The first-order valence-corrected chi connectivity index (χ1v) is 13.3. The minimum absolute atomic E-state index is 0.126. The smallest absolute Gasteiger partial charge is 0.244 e. The van der Waals surface area contributed by atoms with Gasteiger partial charge < -0.3 is 19.7 Å². The molecule has 192 valence electrons. The molecule has 0 bridgehead atoms. The number of sulfonamides is 1. The van der Waals surface area contributed by atoms with E-state index >= 15 is 0 Å². The molecule has 1 atom stereocenters. The van der Waals surface area contributed by atoms with Gasteiger partial charge in [-0.1, -0.05) is 31.5 Å². The van der Waals surface area contributed by atoms with E-state index in [2.05, 4.69) is 5.32 Å². The summed E-state index contributed by atoms with van der Waals surface area (Å²) in [5.41, 5.74) is 1.07. The Morgan fingerprint density at radius 3 is 2.26 bits per heavy atom. The number of methoxy groups -OCH3 is 2. The molecule has 2 amide bonds. The van der Waals surface area contributed by atoms with Crippen molar-refractivity contribution in [1.82, 2.24) is 10.2 Å². The number of nitrogens with zero attached hydrogens (tertiary/aromatic N) is 2. The molecule has 0 heterocycles. The Kier molecular flexibility index (Phi) is 10.4. The Bertz CT molecular complexity index is 1090. The van der Waals surface area contributed by atoms with Crippen LogP contribution in [0.4, 0.5) is 5.69 Å². The van der Waals surface area contributed by atoms with E-state index in [1.807, 2.05) is 6.92 Å².